The van der Waals surface area contributed by atoms with Crippen LogP contribution < -0.4 is 0 Å². The number of carbonyl (C=O) groups excluding carboxylic acids is 1. The normalized spacial score (nSPS) is 41.4. The highest BCUT2D eigenvalue weighted by molar-refractivity contribution is 5.70. The number of hydrogen-bond acceptors (Lipinski definition) is 3. The zero-order chi connectivity index (χ0) is 10.2. The lowest BCUT2D eigenvalue weighted by molar-refractivity contribution is -0.158. The maximum Gasteiger partial charge on any atom is 0.306 e. The minimum atomic E-state index is -0.339. The molecule has 3 nitrogen and oxygen atoms in total. The third kappa shape index (κ3) is 1.31. The van der Waals surface area contributed by atoms with Gasteiger partial charge in [0.1, 0.15) is 11.7 Å². The van der Waals surface area contributed by atoms with E-state index in [1.54, 1.807) is 0 Å². The average Bonchev–Trinajstić information content (AvgIpc) is 2.33. The molecule has 3 unspecified atom stereocenters. The number of rotatable bonds is 2. The Bertz CT molecular complexity index is 261. The molecule has 3 atom stereocenters. The van der Waals surface area contributed by atoms with Gasteiger partial charge in [-0.25, -0.2) is 0 Å². The molecule has 2 rings (SSSR count). The fourth-order valence-corrected chi connectivity index (χ4v) is 2.66. The number of fused-ring (bicyclic) bond motifs is 2. The largest absolute Gasteiger partial charge is 0.492 e. The number of carbonyl (C=O) groups is 1. The maximum atomic E-state index is 11.3. The quantitative estimate of drug-likeness (QED) is 0.500. The van der Waals surface area contributed by atoms with Crippen molar-refractivity contribution in [2.24, 2.45) is 5.92 Å². The van der Waals surface area contributed by atoms with Crippen LogP contribution >= 0.6 is 0 Å². The van der Waals surface area contributed by atoms with Crippen LogP contribution in [-0.4, -0.2) is 17.7 Å². The van der Waals surface area contributed by atoms with Crippen LogP contribution in [0.4, 0.5) is 0 Å². The van der Waals surface area contributed by atoms with Crippen molar-refractivity contribution in [3.63, 3.8) is 0 Å². The fourth-order valence-electron chi connectivity index (χ4n) is 2.66. The van der Waals surface area contributed by atoms with Gasteiger partial charge in [0.05, 0.1) is 6.26 Å². The van der Waals surface area contributed by atoms with E-state index in [0.717, 1.165) is 19.3 Å². The highest BCUT2D eigenvalue weighted by atomic mass is 16.6. The molecule has 0 aromatic rings. The van der Waals surface area contributed by atoms with Crippen LogP contribution in [-0.2, 0) is 14.3 Å². The predicted molar refractivity (Wildman–Crippen MR) is 51.5 cm³/mol. The summed E-state index contributed by atoms with van der Waals surface area (Å²) in [7, 11) is 0. The Balaban J connectivity index is 2.23. The predicted octanol–water partition coefficient (Wildman–Crippen LogP) is 2.02. The molecular formula is C11H16O3. The van der Waals surface area contributed by atoms with Gasteiger partial charge in [-0.15, -0.1) is 0 Å². The van der Waals surface area contributed by atoms with Crippen molar-refractivity contribution in [3.05, 3.63) is 12.8 Å². The topological polar surface area (TPSA) is 35.5 Å². The first-order chi connectivity index (χ1) is 6.66. The Labute approximate surface area is 84.1 Å². The molecule has 3 heteroatoms. The lowest BCUT2D eigenvalue weighted by Gasteiger charge is -2.33. The first-order valence-corrected chi connectivity index (χ1v) is 5.15. The van der Waals surface area contributed by atoms with E-state index in [2.05, 4.69) is 6.58 Å². The summed E-state index contributed by atoms with van der Waals surface area (Å²) >= 11 is 0. The molecule has 2 fully saturated rings. The summed E-state index contributed by atoms with van der Waals surface area (Å²) in [5.41, 5.74) is -0.339. The molecule has 0 N–H and O–H groups in total. The molecule has 1 saturated carbocycles. The molecule has 0 spiro atoms. The molecule has 0 radical (unpaired) electrons. The summed E-state index contributed by atoms with van der Waals surface area (Å²) in [4.78, 5) is 11.3. The first kappa shape index (κ1) is 9.56. The minimum absolute atomic E-state index is 0.0829. The molecule has 1 aliphatic heterocycles. The van der Waals surface area contributed by atoms with Gasteiger partial charge in [-0.1, -0.05) is 6.58 Å². The standard InChI is InChI=1S/C11H16O3/c1-3-13-11(2)8-4-6-9(11)14-10(12)7-5-8/h3,8-9H,1,4-7H2,2H3. The molecule has 0 aromatic heterocycles. The van der Waals surface area contributed by atoms with E-state index in [0.29, 0.717) is 12.3 Å². The second-order valence-electron chi connectivity index (χ2n) is 4.26. The van der Waals surface area contributed by atoms with Gasteiger partial charge in [0, 0.05) is 12.3 Å². The molecule has 0 amide bonds. The van der Waals surface area contributed by atoms with Crippen LogP contribution in [0.3, 0.4) is 0 Å². The van der Waals surface area contributed by atoms with Gasteiger partial charge in [-0.05, 0) is 26.2 Å². The highest BCUT2D eigenvalue weighted by Gasteiger charge is 2.52. The highest BCUT2D eigenvalue weighted by Crippen LogP contribution is 2.45. The fraction of sp³-hybridized carbons (Fsp3) is 0.727. The molecule has 1 heterocycles. The van der Waals surface area contributed by atoms with Crippen molar-refractivity contribution in [1.29, 1.82) is 0 Å². The maximum absolute atomic E-state index is 11.3. The summed E-state index contributed by atoms with van der Waals surface area (Å²) in [6.07, 6.45) is 4.78. The SMILES string of the molecule is C=COC1(C)C2CCC(=O)OC1CC2. The lowest BCUT2D eigenvalue weighted by Crippen LogP contribution is -2.41. The average molecular weight is 196 g/mol. The van der Waals surface area contributed by atoms with Gasteiger partial charge < -0.3 is 9.47 Å². The van der Waals surface area contributed by atoms with Crippen LogP contribution in [0.15, 0.2) is 12.8 Å². The van der Waals surface area contributed by atoms with Gasteiger partial charge in [-0.2, -0.15) is 0 Å². The molecule has 2 bridgehead atoms. The second kappa shape index (κ2) is 3.30. The monoisotopic (exact) mass is 196 g/mol. The Morgan fingerprint density at radius 2 is 2.36 bits per heavy atom. The van der Waals surface area contributed by atoms with Crippen molar-refractivity contribution < 1.29 is 14.3 Å². The van der Waals surface area contributed by atoms with Gasteiger partial charge in [-0.3, -0.25) is 4.79 Å². The van der Waals surface area contributed by atoms with E-state index < -0.39 is 0 Å². The number of hydrogen-bond donors (Lipinski definition) is 0. The summed E-state index contributed by atoms with van der Waals surface area (Å²) in [5, 5.41) is 0. The first-order valence-electron chi connectivity index (χ1n) is 5.15. The molecule has 78 valence electrons. The van der Waals surface area contributed by atoms with Crippen LogP contribution in [0, 0.1) is 5.92 Å². The Hall–Kier alpha value is -0.990. The Morgan fingerprint density at radius 3 is 3.07 bits per heavy atom. The summed E-state index contributed by atoms with van der Waals surface area (Å²) in [5.74, 6) is 0.341. The van der Waals surface area contributed by atoms with E-state index in [-0.39, 0.29) is 17.7 Å². The molecule has 0 aromatic carbocycles. The van der Waals surface area contributed by atoms with Crippen molar-refractivity contribution >= 4 is 5.97 Å². The van der Waals surface area contributed by atoms with Crippen molar-refractivity contribution in [1.82, 2.24) is 0 Å². The van der Waals surface area contributed by atoms with E-state index >= 15 is 0 Å². The Morgan fingerprint density at radius 1 is 1.57 bits per heavy atom. The van der Waals surface area contributed by atoms with Gasteiger partial charge in [0.25, 0.3) is 0 Å². The van der Waals surface area contributed by atoms with Gasteiger partial charge in [0.15, 0.2) is 0 Å². The summed E-state index contributed by atoms with van der Waals surface area (Å²) in [6, 6.07) is 0. The Kier molecular flexibility index (Phi) is 2.25. The van der Waals surface area contributed by atoms with Gasteiger partial charge in [0.2, 0.25) is 0 Å². The lowest BCUT2D eigenvalue weighted by atomic mass is 9.88. The van der Waals surface area contributed by atoms with E-state index in [1.165, 1.54) is 6.26 Å². The van der Waals surface area contributed by atoms with Crippen LogP contribution in [0.25, 0.3) is 0 Å². The van der Waals surface area contributed by atoms with E-state index in [9.17, 15) is 4.79 Å². The van der Waals surface area contributed by atoms with Crippen molar-refractivity contribution in [2.75, 3.05) is 0 Å². The molecule has 1 aliphatic carbocycles. The zero-order valence-electron chi connectivity index (χ0n) is 8.49. The summed E-state index contributed by atoms with van der Waals surface area (Å²) < 4.78 is 10.9. The molecule has 1 saturated heterocycles. The second-order valence-corrected chi connectivity index (χ2v) is 4.26. The number of esters is 1. The smallest absolute Gasteiger partial charge is 0.306 e. The summed E-state index contributed by atoms with van der Waals surface area (Å²) in [6.45, 7) is 5.61. The molecular weight excluding hydrogens is 180 g/mol. The van der Waals surface area contributed by atoms with Crippen molar-refractivity contribution in [3.8, 4) is 0 Å². The number of ether oxygens (including phenoxy) is 2. The third-order valence-electron chi connectivity index (χ3n) is 3.54. The van der Waals surface area contributed by atoms with E-state index in [1.807, 2.05) is 6.92 Å². The third-order valence-corrected chi connectivity index (χ3v) is 3.54. The van der Waals surface area contributed by atoms with Crippen LogP contribution in [0.5, 0.6) is 0 Å². The van der Waals surface area contributed by atoms with Crippen LogP contribution in [0.2, 0.25) is 0 Å². The molecule has 14 heavy (non-hydrogen) atoms. The van der Waals surface area contributed by atoms with Crippen molar-refractivity contribution in [2.45, 2.75) is 44.3 Å². The van der Waals surface area contributed by atoms with E-state index in [4.69, 9.17) is 9.47 Å². The van der Waals surface area contributed by atoms with Crippen LogP contribution in [0.1, 0.15) is 32.6 Å². The molecule has 2 aliphatic rings. The minimum Gasteiger partial charge on any atom is -0.492 e. The zero-order valence-corrected chi connectivity index (χ0v) is 8.49. The van der Waals surface area contributed by atoms with Gasteiger partial charge >= 0.3 is 5.97 Å².